The van der Waals surface area contributed by atoms with E-state index in [4.69, 9.17) is 11.6 Å². The molecule has 1 N–H and O–H groups in total. The van der Waals surface area contributed by atoms with E-state index in [0.717, 1.165) is 12.1 Å². The average molecular weight is 311 g/mol. The lowest BCUT2D eigenvalue weighted by Gasteiger charge is -2.32. The van der Waals surface area contributed by atoms with Crippen molar-refractivity contribution in [3.8, 4) is 0 Å². The van der Waals surface area contributed by atoms with Gasteiger partial charge in [-0.15, -0.1) is 12.4 Å². The van der Waals surface area contributed by atoms with Crippen molar-refractivity contribution in [3.63, 3.8) is 0 Å². The Balaban J connectivity index is 0.00000180. The second kappa shape index (κ2) is 6.50. The second-order valence-corrected chi connectivity index (χ2v) is 4.76. The summed E-state index contributed by atoms with van der Waals surface area (Å²) in [7, 11) is 0. The number of nitrogens with one attached hydrogen (secondary N) is 1. The van der Waals surface area contributed by atoms with Crippen molar-refractivity contribution < 1.29 is 13.6 Å². The van der Waals surface area contributed by atoms with Gasteiger partial charge in [0.25, 0.3) is 5.91 Å². The summed E-state index contributed by atoms with van der Waals surface area (Å²) in [6, 6.07) is 1.82. The Bertz CT molecular complexity index is 485. The summed E-state index contributed by atoms with van der Waals surface area (Å²) in [5, 5.41) is 2.85. The van der Waals surface area contributed by atoms with Crippen LogP contribution in [0.1, 0.15) is 17.3 Å². The predicted molar refractivity (Wildman–Crippen MR) is 72.0 cm³/mol. The first-order valence-electron chi connectivity index (χ1n) is 5.66. The van der Waals surface area contributed by atoms with Gasteiger partial charge in [-0.05, 0) is 19.1 Å². The smallest absolute Gasteiger partial charge is 0.257 e. The van der Waals surface area contributed by atoms with Gasteiger partial charge in [-0.3, -0.25) is 4.79 Å². The maximum Gasteiger partial charge on any atom is 0.257 e. The first-order chi connectivity index (χ1) is 8.49. The number of rotatable bonds is 1. The molecule has 1 aromatic carbocycles. The summed E-state index contributed by atoms with van der Waals surface area (Å²) < 4.78 is 26.9. The highest BCUT2D eigenvalue weighted by Gasteiger charge is 2.24. The molecule has 7 heteroatoms. The minimum Gasteiger partial charge on any atom is -0.336 e. The van der Waals surface area contributed by atoms with E-state index in [1.165, 1.54) is 4.90 Å². The number of carbonyl (C=O) groups is 1. The van der Waals surface area contributed by atoms with Crippen molar-refractivity contribution >= 4 is 29.9 Å². The molecule has 1 atom stereocenters. The lowest BCUT2D eigenvalue weighted by atomic mass is 10.1. The highest BCUT2D eigenvalue weighted by atomic mass is 35.5. The lowest BCUT2D eigenvalue weighted by molar-refractivity contribution is 0.0704. The fraction of sp³-hybridized carbons (Fsp3) is 0.417. The molecule has 1 amide bonds. The van der Waals surface area contributed by atoms with Gasteiger partial charge in [-0.25, -0.2) is 8.78 Å². The Labute approximate surface area is 121 Å². The van der Waals surface area contributed by atoms with Crippen LogP contribution < -0.4 is 5.32 Å². The van der Waals surface area contributed by atoms with Crippen molar-refractivity contribution in [1.29, 1.82) is 0 Å². The molecule has 1 aliphatic rings. The van der Waals surface area contributed by atoms with Gasteiger partial charge in [-0.2, -0.15) is 0 Å². The molecule has 1 fully saturated rings. The number of amides is 1. The van der Waals surface area contributed by atoms with E-state index < -0.39 is 17.5 Å². The fourth-order valence-corrected chi connectivity index (χ4v) is 2.12. The molecule has 106 valence electrons. The molecule has 2 rings (SSSR count). The molecule has 0 saturated carbocycles. The SMILES string of the molecule is C[C@H]1CN(C(=O)c2cc(F)c(Cl)cc2F)CCN1.Cl. The molecule has 1 aliphatic heterocycles. The van der Waals surface area contributed by atoms with E-state index in [2.05, 4.69) is 5.32 Å². The molecular formula is C12H14Cl2F2N2O. The molecule has 19 heavy (non-hydrogen) atoms. The zero-order valence-electron chi connectivity index (χ0n) is 10.3. The minimum atomic E-state index is -0.794. The number of benzene rings is 1. The molecule has 0 aromatic heterocycles. The van der Waals surface area contributed by atoms with Crippen LogP contribution in [0.25, 0.3) is 0 Å². The van der Waals surface area contributed by atoms with Gasteiger partial charge >= 0.3 is 0 Å². The summed E-state index contributed by atoms with van der Waals surface area (Å²) in [5.41, 5.74) is -0.272. The number of carbonyl (C=O) groups excluding carboxylic acids is 1. The van der Waals surface area contributed by atoms with Crippen LogP contribution >= 0.6 is 24.0 Å². The summed E-state index contributed by atoms with van der Waals surface area (Å²) >= 11 is 5.45. The van der Waals surface area contributed by atoms with E-state index in [9.17, 15) is 13.6 Å². The van der Waals surface area contributed by atoms with Gasteiger partial charge in [0.1, 0.15) is 11.6 Å². The first kappa shape index (κ1) is 16.1. The average Bonchev–Trinajstić information content (AvgIpc) is 2.33. The highest BCUT2D eigenvalue weighted by Crippen LogP contribution is 2.20. The van der Waals surface area contributed by atoms with E-state index in [-0.39, 0.29) is 29.0 Å². The summed E-state index contributed by atoms with van der Waals surface area (Å²) in [5.74, 6) is -2.08. The van der Waals surface area contributed by atoms with E-state index >= 15 is 0 Å². The largest absolute Gasteiger partial charge is 0.336 e. The zero-order valence-corrected chi connectivity index (χ0v) is 11.8. The van der Waals surface area contributed by atoms with Gasteiger partial charge < -0.3 is 10.2 Å². The molecule has 3 nitrogen and oxygen atoms in total. The quantitative estimate of drug-likeness (QED) is 0.808. The Morgan fingerprint density at radius 2 is 2.11 bits per heavy atom. The summed E-state index contributed by atoms with van der Waals surface area (Å²) in [4.78, 5) is 13.6. The Kier molecular flexibility index (Phi) is 5.52. The molecule has 0 aliphatic carbocycles. The maximum atomic E-state index is 13.6. The summed E-state index contributed by atoms with van der Waals surface area (Å²) in [6.45, 7) is 3.53. The molecule has 1 saturated heterocycles. The van der Waals surface area contributed by atoms with Crippen LogP contribution in [0.2, 0.25) is 5.02 Å². The van der Waals surface area contributed by atoms with Gasteiger partial charge in [-0.1, -0.05) is 11.6 Å². The topological polar surface area (TPSA) is 32.3 Å². The minimum absolute atomic E-state index is 0. The third-order valence-electron chi connectivity index (χ3n) is 2.90. The zero-order chi connectivity index (χ0) is 13.3. The Hall–Kier alpha value is -0.910. The lowest BCUT2D eigenvalue weighted by Crippen LogP contribution is -2.51. The van der Waals surface area contributed by atoms with Crippen LogP contribution in [0, 0.1) is 11.6 Å². The van der Waals surface area contributed by atoms with Crippen LogP contribution in [0.5, 0.6) is 0 Å². The fourth-order valence-electron chi connectivity index (χ4n) is 1.97. The number of hydrogen-bond acceptors (Lipinski definition) is 2. The number of hydrogen-bond donors (Lipinski definition) is 1. The molecule has 0 spiro atoms. The molecule has 0 unspecified atom stereocenters. The molecule has 0 radical (unpaired) electrons. The number of piperazine rings is 1. The van der Waals surface area contributed by atoms with Crippen molar-refractivity contribution in [2.45, 2.75) is 13.0 Å². The van der Waals surface area contributed by atoms with Crippen LogP contribution in [-0.2, 0) is 0 Å². The van der Waals surface area contributed by atoms with Gasteiger partial charge in [0.15, 0.2) is 0 Å². The van der Waals surface area contributed by atoms with E-state index in [1.54, 1.807) is 0 Å². The highest BCUT2D eigenvalue weighted by molar-refractivity contribution is 6.30. The normalized spacial score (nSPS) is 18.9. The molecule has 1 aromatic rings. The van der Waals surface area contributed by atoms with Gasteiger partial charge in [0.2, 0.25) is 0 Å². The van der Waals surface area contributed by atoms with Gasteiger partial charge in [0, 0.05) is 25.7 Å². The number of nitrogens with zero attached hydrogens (tertiary/aromatic N) is 1. The molecule has 1 heterocycles. The van der Waals surface area contributed by atoms with Crippen LogP contribution in [0.15, 0.2) is 12.1 Å². The van der Waals surface area contributed by atoms with Gasteiger partial charge in [0.05, 0.1) is 10.6 Å². The van der Waals surface area contributed by atoms with Crippen molar-refractivity contribution in [2.24, 2.45) is 0 Å². The van der Waals surface area contributed by atoms with Crippen LogP contribution in [0.4, 0.5) is 8.78 Å². The number of halogens is 4. The third kappa shape index (κ3) is 3.55. The Morgan fingerprint density at radius 1 is 1.42 bits per heavy atom. The van der Waals surface area contributed by atoms with Crippen LogP contribution in [-0.4, -0.2) is 36.5 Å². The van der Waals surface area contributed by atoms with Crippen molar-refractivity contribution in [1.82, 2.24) is 10.2 Å². The molecular weight excluding hydrogens is 297 g/mol. The van der Waals surface area contributed by atoms with E-state index in [1.807, 2.05) is 6.92 Å². The first-order valence-corrected chi connectivity index (χ1v) is 6.04. The standard InChI is InChI=1S/C12H13ClF2N2O.ClH/c1-7-6-17(3-2-16-7)12(18)8-4-11(15)9(13)5-10(8)14;/h4-5,7,16H,2-3,6H2,1H3;1H/t7-;/m0./s1. The monoisotopic (exact) mass is 310 g/mol. The molecule has 0 bridgehead atoms. The maximum absolute atomic E-state index is 13.6. The van der Waals surface area contributed by atoms with Crippen molar-refractivity contribution in [3.05, 3.63) is 34.4 Å². The van der Waals surface area contributed by atoms with E-state index in [0.29, 0.717) is 19.6 Å². The van der Waals surface area contributed by atoms with Crippen molar-refractivity contribution in [2.75, 3.05) is 19.6 Å². The second-order valence-electron chi connectivity index (χ2n) is 4.35. The summed E-state index contributed by atoms with van der Waals surface area (Å²) in [6.07, 6.45) is 0. The Morgan fingerprint density at radius 3 is 2.74 bits per heavy atom. The predicted octanol–water partition coefficient (Wildman–Crippen LogP) is 2.47. The third-order valence-corrected chi connectivity index (χ3v) is 3.19. The van der Waals surface area contributed by atoms with Crippen LogP contribution in [0.3, 0.4) is 0 Å².